The Morgan fingerprint density at radius 2 is 2.26 bits per heavy atom. The lowest BCUT2D eigenvalue weighted by atomic mass is 10.1. The molecule has 9 heteroatoms. The first-order valence-electron chi connectivity index (χ1n) is 7.25. The molecule has 0 saturated carbocycles. The molecule has 1 aromatic rings. The fourth-order valence-corrected chi connectivity index (χ4v) is 3.78. The van der Waals surface area contributed by atoms with Crippen LogP contribution in [0.1, 0.15) is 13.3 Å². The summed E-state index contributed by atoms with van der Waals surface area (Å²) in [5, 5.41) is 5.04. The van der Waals surface area contributed by atoms with Crippen LogP contribution >= 0.6 is 11.6 Å². The highest BCUT2D eigenvalue weighted by atomic mass is 35.5. The molecule has 1 saturated heterocycles. The number of rotatable bonds is 4. The highest BCUT2D eigenvalue weighted by molar-refractivity contribution is 7.91. The summed E-state index contributed by atoms with van der Waals surface area (Å²) in [5.41, 5.74) is 1.09. The molecule has 1 atom stereocenters. The van der Waals surface area contributed by atoms with Crippen LogP contribution in [-0.2, 0) is 10.0 Å². The summed E-state index contributed by atoms with van der Waals surface area (Å²) in [6, 6.07) is 6.15. The standard InChI is InChI=1S/C14H19ClN4O3S/c1-2-17-14(20)19-23(21,22)13-9-16-7-6-12(13)18-11-5-3-4-10(15)8-11/h3-5,8,13,16H,2,6-7,9H2,1H3,(H2,17,19,20). The molecule has 1 fully saturated rings. The maximum Gasteiger partial charge on any atom is 0.328 e. The Labute approximate surface area is 140 Å². The average molecular weight is 359 g/mol. The topological polar surface area (TPSA) is 99.7 Å². The fourth-order valence-electron chi connectivity index (χ4n) is 2.25. The summed E-state index contributed by atoms with van der Waals surface area (Å²) in [4.78, 5) is 16.0. The van der Waals surface area contributed by atoms with Crippen molar-refractivity contribution in [2.45, 2.75) is 18.6 Å². The Kier molecular flexibility index (Phi) is 5.97. The van der Waals surface area contributed by atoms with Crippen LogP contribution in [0.4, 0.5) is 10.5 Å². The Balaban J connectivity index is 2.26. The Hall–Kier alpha value is -1.64. The van der Waals surface area contributed by atoms with Gasteiger partial charge in [0, 0.05) is 30.4 Å². The number of aliphatic imine (C=N–C) groups is 1. The molecule has 1 aliphatic heterocycles. The van der Waals surface area contributed by atoms with E-state index in [1.165, 1.54) is 0 Å². The monoisotopic (exact) mass is 358 g/mol. The average Bonchev–Trinajstić information content (AvgIpc) is 2.47. The third kappa shape index (κ3) is 4.92. The Bertz CT molecular complexity index is 706. The van der Waals surface area contributed by atoms with E-state index in [0.29, 0.717) is 35.9 Å². The van der Waals surface area contributed by atoms with E-state index in [1.54, 1.807) is 31.2 Å². The van der Waals surface area contributed by atoms with Gasteiger partial charge in [0.05, 0.1) is 5.69 Å². The highest BCUT2D eigenvalue weighted by Crippen LogP contribution is 2.20. The fraction of sp³-hybridized carbons (Fsp3) is 0.429. The van der Waals surface area contributed by atoms with Gasteiger partial charge in [-0.25, -0.2) is 17.9 Å². The molecule has 126 valence electrons. The molecule has 0 spiro atoms. The molecule has 0 radical (unpaired) electrons. The summed E-state index contributed by atoms with van der Waals surface area (Å²) >= 11 is 5.93. The van der Waals surface area contributed by atoms with Gasteiger partial charge in [-0.1, -0.05) is 17.7 Å². The van der Waals surface area contributed by atoms with Crippen molar-refractivity contribution >= 4 is 39.1 Å². The van der Waals surface area contributed by atoms with Crippen molar-refractivity contribution in [1.29, 1.82) is 0 Å². The van der Waals surface area contributed by atoms with E-state index in [-0.39, 0.29) is 6.54 Å². The molecule has 0 bridgehead atoms. The van der Waals surface area contributed by atoms with Gasteiger partial charge in [-0.3, -0.25) is 4.99 Å². The summed E-state index contributed by atoms with van der Waals surface area (Å²) < 4.78 is 26.9. The van der Waals surface area contributed by atoms with E-state index < -0.39 is 21.3 Å². The minimum Gasteiger partial charge on any atom is -0.338 e. The van der Waals surface area contributed by atoms with E-state index in [0.717, 1.165) is 0 Å². The minimum absolute atomic E-state index is 0.203. The molecular formula is C14H19ClN4O3S. The maximum atomic E-state index is 12.4. The first kappa shape index (κ1) is 17.7. The van der Waals surface area contributed by atoms with Gasteiger partial charge in [0.15, 0.2) is 0 Å². The number of halogens is 1. The normalized spacial score (nSPS) is 20.3. The van der Waals surface area contributed by atoms with Crippen molar-refractivity contribution in [2.24, 2.45) is 4.99 Å². The van der Waals surface area contributed by atoms with Gasteiger partial charge in [0.2, 0.25) is 10.0 Å². The number of hydrogen-bond donors (Lipinski definition) is 3. The van der Waals surface area contributed by atoms with Crippen molar-refractivity contribution in [3.63, 3.8) is 0 Å². The van der Waals surface area contributed by atoms with Crippen molar-refractivity contribution in [1.82, 2.24) is 15.4 Å². The number of nitrogens with one attached hydrogen (secondary N) is 3. The number of carbonyl (C=O) groups excluding carboxylic acids is 1. The third-order valence-corrected chi connectivity index (χ3v) is 5.18. The quantitative estimate of drug-likeness (QED) is 0.757. The molecule has 3 N–H and O–H groups in total. The molecule has 0 aliphatic carbocycles. The number of benzene rings is 1. The van der Waals surface area contributed by atoms with E-state index in [9.17, 15) is 13.2 Å². The van der Waals surface area contributed by atoms with Gasteiger partial charge in [-0.2, -0.15) is 0 Å². The number of hydrogen-bond acceptors (Lipinski definition) is 5. The van der Waals surface area contributed by atoms with Crippen molar-refractivity contribution in [2.75, 3.05) is 19.6 Å². The molecule has 1 unspecified atom stereocenters. The number of sulfonamides is 1. The molecule has 7 nitrogen and oxygen atoms in total. The third-order valence-electron chi connectivity index (χ3n) is 3.29. The first-order chi connectivity index (χ1) is 10.9. The number of carbonyl (C=O) groups is 1. The van der Waals surface area contributed by atoms with Gasteiger partial charge < -0.3 is 10.6 Å². The summed E-state index contributed by atoms with van der Waals surface area (Å²) in [6.07, 6.45) is 0.480. The van der Waals surface area contributed by atoms with Crippen LogP contribution < -0.4 is 15.4 Å². The predicted molar refractivity (Wildman–Crippen MR) is 90.9 cm³/mol. The van der Waals surface area contributed by atoms with Crippen molar-refractivity contribution in [3.05, 3.63) is 29.3 Å². The molecule has 1 aromatic carbocycles. The summed E-state index contributed by atoms with van der Waals surface area (Å²) in [5.74, 6) is 0. The molecule has 1 heterocycles. The van der Waals surface area contributed by atoms with Crippen LogP contribution in [-0.4, -0.2) is 45.0 Å². The minimum atomic E-state index is -3.87. The largest absolute Gasteiger partial charge is 0.338 e. The lowest BCUT2D eigenvalue weighted by Crippen LogP contribution is -2.52. The molecule has 23 heavy (non-hydrogen) atoms. The SMILES string of the molecule is CCNC(=O)NS(=O)(=O)C1CNCCC1=Nc1cccc(Cl)c1. The van der Waals surface area contributed by atoms with Crippen LogP contribution in [0.25, 0.3) is 0 Å². The number of urea groups is 1. The van der Waals surface area contributed by atoms with Crippen LogP contribution in [0, 0.1) is 0 Å². The Morgan fingerprint density at radius 3 is 2.96 bits per heavy atom. The summed E-state index contributed by atoms with van der Waals surface area (Å²) in [6.45, 7) is 2.88. The second kappa shape index (κ2) is 7.76. The lowest BCUT2D eigenvalue weighted by molar-refractivity contribution is 0.246. The Morgan fingerprint density at radius 1 is 1.48 bits per heavy atom. The van der Waals surface area contributed by atoms with E-state index in [2.05, 4.69) is 15.6 Å². The zero-order chi connectivity index (χ0) is 16.9. The van der Waals surface area contributed by atoms with E-state index in [1.807, 2.05) is 4.72 Å². The van der Waals surface area contributed by atoms with Gasteiger partial charge in [-0.05, 0) is 31.5 Å². The second-order valence-electron chi connectivity index (χ2n) is 5.03. The van der Waals surface area contributed by atoms with Crippen LogP contribution in [0.3, 0.4) is 0 Å². The van der Waals surface area contributed by atoms with Gasteiger partial charge in [0.1, 0.15) is 5.25 Å². The maximum absolute atomic E-state index is 12.4. The smallest absolute Gasteiger partial charge is 0.328 e. The molecule has 2 rings (SSSR count). The highest BCUT2D eigenvalue weighted by Gasteiger charge is 2.33. The van der Waals surface area contributed by atoms with Gasteiger partial charge in [0.25, 0.3) is 0 Å². The van der Waals surface area contributed by atoms with Crippen LogP contribution in [0.15, 0.2) is 29.3 Å². The van der Waals surface area contributed by atoms with Gasteiger partial charge >= 0.3 is 6.03 Å². The van der Waals surface area contributed by atoms with E-state index in [4.69, 9.17) is 11.6 Å². The molecule has 0 aromatic heterocycles. The van der Waals surface area contributed by atoms with E-state index >= 15 is 0 Å². The predicted octanol–water partition coefficient (Wildman–Crippen LogP) is 1.42. The number of amides is 2. The van der Waals surface area contributed by atoms with Crippen molar-refractivity contribution < 1.29 is 13.2 Å². The van der Waals surface area contributed by atoms with Crippen molar-refractivity contribution in [3.8, 4) is 0 Å². The number of nitrogens with zero attached hydrogens (tertiary/aromatic N) is 1. The number of piperidine rings is 1. The lowest BCUT2D eigenvalue weighted by Gasteiger charge is -2.25. The van der Waals surface area contributed by atoms with Crippen LogP contribution in [0.5, 0.6) is 0 Å². The van der Waals surface area contributed by atoms with Gasteiger partial charge in [-0.15, -0.1) is 0 Å². The second-order valence-corrected chi connectivity index (χ2v) is 7.33. The van der Waals surface area contributed by atoms with Crippen LogP contribution in [0.2, 0.25) is 5.02 Å². The zero-order valence-electron chi connectivity index (χ0n) is 12.7. The summed E-state index contributed by atoms with van der Waals surface area (Å²) in [7, 11) is -3.87. The molecule has 1 aliphatic rings. The molecular weight excluding hydrogens is 340 g/mol. The first-order valence-corrected chi connectivity index (χ1v) is 9.18. The molecule has 2 amide bonds. The zero-order valence-corrected chi connectivity index (χ0v) is 14.2.